The lowest BCUT2D eigenvalue weighted by atomic mass is 10.0. The molecule has 3 aromatic rings. The number of hydrogen-bond acceptors (Lipinski definition) is 3. The molecule has 0 saturated heterocycles. The summed E-state index contributed by atoms with van der Waals surface area (Å²) >= 11 is 0. The van der Waals surface area contributed by atoms with Gasteiger partial charge >= 0.3 is 0 Å². The number of benzene rings is 3. The van der Waals surface area contributed by atoms with Crippen molar-refractivity contribution >= 4 is 11.5 Å². The number of carbonyl (C=O) groups is 1. The third kappa shape index (κ3) is 5.09. The van der Waals surface area contributed by atoms with E-state index in [4.69, 9.17) is 16.0 Å². The van der Waals surface area contributed by atoms with E-state index in [-0.39, 0.29) is 5.78 Å². The van der Waals surface area contributed by atoms with Crippen LogP contribution in [0, 0.1) is 6.57 Å². The maximum atomic E-state index is 12.5. The van der Waals surface area contributed by atoms with Gasteiger partial charge < -0.3 is 9.47 Å². The van der Waals surface area contributed by atoms with E-state index in [1.54, 1.807) is 48.5 Å². The molecule has 138 valence electrons. The SMILES string of the molecule is [C-]#[N+]c1ccc(C(=O)c2ccc(OC(=C)CCOc3ccccc3)cc2)cc1. The molecule has 3 rings (SSSR count). The first-order chi connectivity index (χ1) is 13.7. The maximum absolute atomic E-state index is 12.5. The number of para-hydroxylation sites is 1. The van der Waals surface area contributed by atoms with Crippen LogP contribution in [0.3, 0.4) is 0 Å². The molecule has 0 aliphatic heterocycles. The smallest absolute Gasteiger partial charge is 0.192 e. The minimum absolute atomic E-state index is 0.0989. The van der Waals surface area contributed by atoms with Gasteiger partial charge in [0.15, 0.2) is 11.5 Å². The van der Waals surface area contributed by atoms with Gasteiger partial charge in [-0.1, -0.05) is 49.0 Å². The molecular weight excluding hydrogens is 350 g/mol. The lowest BCUT2D eigenvalue weighted by Gasteiger charge is -2.10. The van der Waals surface area contributed by atoms with E-state index < -0.39 is 0 Å². The van der Waals surface area contributed by atoms with Crippen molar-refractivity contribution in [2.45, 2.75) is 6.42 Å². The molecule has 0 aromatic heterocycles. The molecule has 4 nitrogen and oxygen atoms in total. The van der Waals surface area contributed by atoms with Gasteiger partial charge in [-0.25, -0.2) is 4.85 Å². The summed E-state index contributed by atoms with van der Waals surface area (Å²) in [4.78, 5) is 15.8. The summed E-state index contributed by atoms with van der Waals surface area (Å²) in [6.07, 6.45) is 0.559. The summed E-state index contributed by atoms with van der Waals surface area (Å²) in [6, 6.07) is 23.1. The van der Waals surface area contributed by atoms with Crippen LogP contribution in [0.5, 0.6) is 11.5 Å². The van der Waals surface area contributed by atoms with Crippen molar-refractivity contribution in [3.8, 4) is 11.5 Å². The van der Waals surface area contributed by atoms with Crippen molar-refractivity contribution in [1.82, 2.24) is 0 Å². The highest BCUT2D eigenvalue weighted by Gasteiger charge is 2.09. The minimum Gasteiger partial charge on any atom is -0.493 e. The van der Waals surface area contributed by atoms with Crippen LogP contribution in [0.1, 0.15) is 22.3 Å². The molecule has 0 bridgehead atoms. The van der Waals surface area contributed by atoms with Crippen molar-refractivity contribution in [3.63, 3.8) is 0 Å². The monoisotopic (exact) mass is 369 g/mol. The summed E-state index contributed by atoms with van der Waals surface area (Å²) in [6.45, 7) is 11.3. The lowest BCUT2D eigenvalue weighted by Crippen LogP contribution is -2.03. The molecule has 0 heterocycles. The van der Waals surface area contributed by atoms with Crippen LogP contribution >= 0.6 is 0 Å². The molecule has 0 saturated carbocycles. The van der Waals surface area contributed by atoms with Crippen LogP contribution in [-0.4, -0.2) is 12.4 Å². The summed E-state index contributed by atoms with van der Waals surface area (Å²) in [5, 5.41) is 0. The molecule has 0 spiro atoms. The Morgan fingerprint density at radius 1 is 0.857 bits per heavy atom. The fraction of sp³-hybridized carbons (Fsp3) is 0.0833. The van der Waals surface area contributed by atoms with Gasteiger partial charge in [-0.15, -0.1) is 0 Å². The molecule has 0 radical (unpaired) electrons. The molecule has 0 amide bonds. The highest BCUT2D eigenvalue weighted by atomic mass is 16.5. The molecular formula is C24H19NO3. The Balaban J connectivity index is 1.52. The van der Waals surface area contributed by atoms with Gasteiger partial charge in [0.1, 0.15) is 17.3 Å². The fourth-order valence-electron chi connectivity index (χ4n) is 2.55. The second kappa shape index (κ2) is 9.20. The average molecular weight is 369 g/mol. The fourth-order valence-corrected chi connectivity index (χ4v) is 2.55. The first kappa shape index (κ1) is 18.9. The summed E-state index contributed by atoms with van der Waals surface area (Å²) in [5.74, 6) is 1.91. The predicted molar refractivity (Wildman–Crippen MR) is 109 cm³/mol. The van der Waals surface area contributed by atoms with Gasteiger partial charge in [-0.3, -0.25) is 4.79 Å². The molecule has 0 atom stereocenters. The van der Waals surface area contributed by atoms with Crippen molar-refractivity contribution in [2.75, 3.05) is 6.61 Å². The van der Waals surface area contributed by atoms with Crippen LogP contribution in [0.4, 0.5) is 5.69 Å². The zero-order chi connectivity index (χ0) is 19.8. The van der Waals surface area contributed by atoms with E-state index in [1.807, 2.05) is 30.3 Å². The van der Waals surface area contributed by atoms with Gasteiger partial charge in [-0.2, -0.15) is 0 Å². The van der Waals surface area contributed by atoms with Gasteiger partial charge in [-0.05, 0) is 36.4 Å². The molecule has 0 N–H and O–H groups in total. The molecule has 0 aliphatic carbocycles. The van der Waals surface area contributed by atoms with Crippen LogP contribution in [-0.2, 0) is 0 Å². The number of hydrogen-bond donors (Lipinski definition) is 0. The highest BCUT2D eigenvalue weighted by molar-refractivity contribution is 6.09. The van der Waals surface area contributed by atoms with Gasteiger partial charge in [0, 0.05) is 17.5 Å². The quantitative estimate of drug-likeness (QED) is 0.285. The van der Waals surface area contributed by atoms with E-state index in [0.29, 0.717) is 41.4 Å². The Morgan fingerprint density at radius 2 is 1.46 bits per heavy atom. The lowest BCUT2D eigenvalue weighted by molar-refractivity contribution is 0.103. The molecule has 0 aliphatic rings. The highest BCUT2D eigenvalue weighted by Crippen LogP contribution is 2.20. The first-order valence-electron chi connectivity index (χ1n) is 8.81. The molecule has 0 unspecified atom stereocenters. The Kier molecular flexibility index (Phi) is 6.22. The number of carbonyl (C=O) groups excluding carboxylic acids is 1. The number of ether oxygens (including phenoxy) is 2. The number of rotatable bonds is 8. The zero-order valence-corrected chi connectivity index (χ0v) is 15.3. The van der Waals surface area contributed by atoms with E-state index >= 15 is 0 Å². The average Bonchev–Trinajstić information content (AvgIpc) is 2.74. The maximum Gasteiger partial charge on any atom is 0.192 e. The Morgan fingerprint density at radius 3 is 2.07 bits per heavy atom. The molecule has 4 heteroatoms. The number of ketones is 1. The third-order valence-corrected chi connectivity index (χ3v) is 4.03. The zero-order valence-electron chi connectivity index (χ0n) is 15.3. The van der Waals surface area contributed by atoms with E-state index in [2.05, 4.69) is 11.4 Å². The van der Waals surface area contributed by atoms with Crippen LogP contribution in [0.25, 0.3) is 4.85 Å². The summed E-state index contributed by atoms with van der Waals surface area (Å²) in [7, 11) is 0. The number of nitrogens with zero attached hydrogens (tertiary/aromatic N) is 1. The van der Waals surface area contributed by atoms with Crippen molar-refractivity contribution in [2.24, 2.45) is 0 Å². The molecule has 0 fully saturated rings. The Bertz CT molecular complexity index is 985. The Labute approximate surface area is 164 Å². The van der Waals surface area contributed by atoms with Crippen LogP contribution in [0.2, 0.25) is 0 Å². The normalized spacial score (nSPS) is 9.96. The van der Waals surface area contributed by atoms with Crippen LogP contribution < -0.4 is 9.47 Å². The van der Waals surface area contributed by atoms with E-state index in [0.717, 1.165) is 5.75 Å². The minimum atomic E-state index is -0.0989. The van der Waals surface area contributed by atoms with Crippen molar-refractivity contribution < 1.29 is 14.3 Å². The van der Waals surface area contributed by atoms with Gasteiger partial charge in [0.2, 0.25) is 0 Å². The predicted octanol–water partition coefficient (Wildman–Crippen LogP) is 5.83. The van der Waals surface area contributed by atoms with E-state index in [9.17, 15) is 4.79 Å². The Hall–Kier alpha value is -3.84. The second-order valence-electron chi connectivity index (χ2n) is 6.06. The van der Waals surface area contributed by atoms with Crippen LogP contribution in [0.15, 0.2) is 91.2 Å². The van der Waals surface area contributed by atoms with E-state index in [1.165, 1.54) is 0 Å². The van der Waals surface area contributed by atoms with Gasteiger partial charge in [0.05, 0.1) is 13.2 Å². The first-order valence-corrected chi connectivity index (χ1v) is 8.81. The topological polar surface area (TPSA) is 39.9 Å². The van der Waals surface area contributed by atoms with Crippen molar-refractivity contribution in [3.05, 3.63) is 114 Å². The molecule has 3 aromatic carbocycles. The van der Waals surface area contributed by atoms with Crippen molar-refractivity contribution in [1.29, 1.82) is 0 Å². The summed E-state index contributed by atoms with van der Waals surface area (Å²) < 4.78 is 11.3. The van der Waals surface area contributed by atoms with Gasteiger partial charge in [0.25, 0.3) is 0 Å². The largest absolute Gasteiger partial charge is 0.493 e. The molecule has 28 heavy (non-hydrogen) atoms. The standard InChI is InChI=1S/C24H19NO3/c1-18(16-17-27-22-6-4-3-5-7-22)28-23-14-10-20(11-15-23)24(26)19-8-12-21(25-2)13-9-19/h3-15H,1,16-17H2. The third-order valence-electron chi connectivity index (χ3n) is 4.03. The second-order valence-corrected chi connectivity index (χ2v) is 6.06. The summed E-state index contributed by atoms with van der Waals surface area (Å²) in [5.41, 5.74) is 1.61.